The summed E-state index contributed by atoms with van der Waals surface area (Å²) < 4.78 is 12.9. The largest absolute Gasteiger partial charge is 0.390 e. The Morgan fingerprint density at radius 1 is 1.30 bits per heavy atom. The van der Waals surface area contributed by atoms with Gasteiger partial charge >= 0.3 is 0 Å². The number of allylic oxidation sites excluding steroid dienone is 4. The van der Waals surface area contributed by atoms with Crippen molar-refractivity contribution in [2.45, 2.75) is 51.6 Å². The summed E-state index contributed by atoms with van der Waals surface area (Å²) in [6.45, 7) is 8.33. The van der Waals surface area contributed by atoms with Crippen molar-refractivity contribution in [3.63, 3.8) is 0 Å². The Hall–Kier alpha value is -0.930. The van der Waals surface area contributed by atoms with Crippen LogP contribution in [0.1, 0.15) is 46.0 Å². The monoisotopic (exact) mass is 283 g/mol. The minimum Gasteiger partial charge on any atom is -0.390 e. The predicted molar refractivity (Wildman–Crippen MR) is 85.4 cm³/mol. The number of hydrogen-bond acceptors (Lipinski definition) is 2. The van der Waals surface area contributed by atoms with E-state index in [1.165, 1.54) is 12.2 Å². The number of halogens is 1. The second-order valence-corrected chi connectivity index (χ2v) is 5.78. The molecule has 1 N–H and O–H groups in total. The fourth-order valence-corrected chi connectivity index (χ4v) is 2.25. The summed E-state index contributed by atoms with van der Waals surface area (Å²) in [5.41, 5.74) is 0.452. The zero-order valence-corrected chi connectivity index (χ0v) is 13.5. The molecule has 0 rings (SSSR count). The van der Waals surface area contributed by atoms with Crippen LogP contribution in [-0.4, -0.2) is 36.2 Å². The molecule has 0 aliphatic rings. The van der Waals surface area contributed by atoms with Crippen LogP contribution >= 0.6 is 0 Å². The van der Waals surface area contributed by atoms with E-state index in [1.807, 2.05) is 27.1 Å². The number of rotatable bonds is 10. The summed E-state index contributed by atoms with van der Waals surface area (Å²) in [5.74, 6) is -0.300. The van der Waals surface area contributed by atoms with Crippen LogP contribution in [0.3, 0.4) is 0 Å². The minimum atomic E-state index is -0.652. The molecule has 0 radical (unpaired) electrons. The van der Waals surface area contributed by atoms with E-state index in [0.717, 1.165) is 31.4 Å². The summed E-state index contributed by atoms with van der Waals surface area (Å²) in [7, 11) is 4.02. The van der Waals surface area contributed by atoms with Gasteiger partial charge in [0, 0.05) is 6.54 Å². The highest BCUT2D eigenvalue weighted by atomic mass is 19.1. The van der Waals surface area contributed by atoms with Crippen molar-refractivity contribution in [2.75, 3.05) is 20.6 Å². The summed E-state index contributed by atoms with van der Waals surface area (Å²) in [5, 5.41) is 10.7. The maximum absolute atomic E-state index is 12.9. The molecule has 20 heavy (non-hydrogen) atoms. The van der Waals surface area contributed by atoms with Crippen LogP contribution in [0.15, 0.2) is 36.2 Å². The highest BCUT2D eigenvalue weighted by Gasteiger charge is 2.25. The van der Waals surface area contributed by atoms with Gasteiger partial charge in [-0.15, -0.1) is 0 Å². The molecule has 2 nitrogen and oxygen atoms in total. The van der Waals surface area contributed by atoms with Crippen LogP contribution in [0.2, 0.25) is 0 Å². The second kappa shape index (κ2) is 9.89. The molecule has 3 heteroatoms. The molecule has 116 valence electrons. The lowest BCUT2D eigenvalue weighted by molar-refractivity contribution is 0.0164. The summed E-state index contributed by atoms with van der Waals surface area (Å²) in [6, 6.07) is 0. The van der Waals surface area contributed by atoms with Gasteiger partial charge in [0.2, 0.25) is 0 Å². The minimum absolute atomic E-state index is 0.300. The molecule has 0 spiro atoms. The molecular formula is C17H30FNO. The van der Waals surface area contributed by atoms with Gasteiger partial charge in [-0.2, -0.15) is 0 Å². The molecule has 1 unspecified atom stereocenters. The fraction of sp³-hybridized carbons (Fsp3) is 0.647. The Morgan fingerprint density at radius 2 is 1.95 bits per heavy atom. The Balaban J connectivity index is 4.55. The Labute approximate surface area is 123 Å². The lowest BCUT2D eigenvalue weighted by Gasteiger charge is -2.29. The van der Waals surface area contributed by atoms with Crippen molar-refractivity contribution in [1.29, 1.82) is 0 Å². The molecule has 0 amide bonds. The van der Waals surface area contributed by atoms with Crippen molar-refractivity contribution in [1.82, 2.24) is 4.90 Å². The van der Waals surface area contributed by atoms with Crippen molar-refractivity contribution < 1.29 is 9.50 Å². The van der Waals surface area contributed by atoms with Gasteiger partial charge in [0.05, 0.1) is 5.60 Å². The van der Waals surface area contributed by atoms with Gasteiger partial charge in [0.15, 0.2) is 0 Å². The van der Waals surface area contributed by atoms with Crippen LogP contribution in [0.4, 0.5) is 4.39 Å². The first-order valence-corrected chi connectivity index (χ1v) is 7.34. The first kappa shape index (κ1) is 19.1. The number of nitrogens with zero attached hydrogens (tertiary/aromatic N) is 1. The molecule has 0 bridgehead atoms. The number of hydrogen-bond donors (Lipinski definition) is 1. The van der Waals surface area contributed by atoms with Crippen molar-refractivity contribution in [2.24, 2.45) is 0 Å². The third kappa shape index (κ3) is 9.05. The standard InChI is InChI=1S/C17H30FNO/c1-6-11-17(20,12-13-19(4)5)14-15(3)9-8-10-16(18)7-2/h7,9-10,20H,2,6,8,11-14H2,1,3-5H3/b15-9?,16-10+. The molecule has 0 saturated carbocycles. The van der Waals surface area contributed by atoms with Gasteiger partial charge in [-0.3, -0.25) is 0 Å². The van der Waals surface area contributed by atoms with Crippen LogP contribution in [-0.2, 0) is 0 Å². The van der Waals surface area contributed by atoms with E-state index >= 15 is 0 Å². The average Bonchev–Trinajstić information content (AvgIpc) is 2.36. The van der Waals surface area contributed by atoms with E-state index in [2.05, 4.69) is 18.4 Å². The molecule has 0 aromatic carbocycles. The van der Waals surface area contributed by atoms with Gasteiger partial charge in [-0.1, -0.05) is 31.6 Å². The lowest BCUT2D eigenvalue weighted by atomic mass is 9.87. The summed E-state index contributed by atoms with van der Waals surface area (Å²) in [4.78, 5) is 2.09. The topological polar surface area (TPSA) is 23.5 Å². The van der Waals surface area contributed by atoms with Crippen LogP contribution in [0.25, 0.3) is 0 Å². The quantitative estimate of drug-likeness (QED) is 0.479. The Morgan fingerprint density at radius 3 is 2.45 bits per heavy atom. The van der Waals surface area contributed by atoms with Gasteiger partial charge in [0.25, 0.3) is 0 Å². The SMILES string of the molecule is C=C/C(F)=C\CC=C(C)CC(O)(CCC)CCN(C)C. The van der Waals surface area contributed by atoms with Gasteiger partial charge in [-0.25, -0.2) is 4.39 Å². The van der Waals surface area contributed by atoms with E-state index in [9.17, 15) is 9.50 Å². The van der Waals surface area contributed by atoms with E-state index < -0.39 is 5.60 Å². The van der Waals surface area contributed by atoms with E-state index in [1.54, 1.807) is 0 Å². The van der Waals surface area contributed by atoms with Crippen molar-refractivity contribution in [3.05, 3.63) is 36.2 Å². The second-order valence-electron chi connectivity index (χ2n) is 5.78. The Kier molecular flexibility index (Phi) is 9.43. The van der Waals surface area contributed by atoms with E-state index in [-0.39, 0.29) is 5.83 Å². The zero-order chi connectivity index (χ0) is 15.6. The normalized spacial score (nSPS) is 16.4. The third-order valence-corrected chi connectivity index (χ3v) is 3.32. The predicted octanol–water partition coefficient (Wildman–Crippen LogP) is 4.24. The highest BCUT2D eigenvalue weighted by molar-refractivity contribution is 5.12. The van der Waals surface area contributed by atoms with Crippen LogP contribution in [0.5, 0.6) is 0 Å². The van der Waals surface area contributed by atoms with Crippen LogP contribution in [0, 0.1) is 0 Å². The van der Waals surface area contributed by atoms with Gasteiger partial charge in [0.1, 0.15) is 5.83 Å². The summed E-state index contributed by atoms with van der Waals surface area (Å²) in [6.07, 6.45) is 8.38. The molecule has 0 aliphatic heterocycles. The fourth-order valence-electron chi connectivity index (χ4n) is 2.25. The van der Waals surface area contributed by atoms with Gasteiger partial charge < -0.3 is 10.0 Å². The zero-order valence-electron chi connectivity index (χ0n) is 13.5. The average molecular weight is 283 g/mol. The van der Waals surface area contributed by atoms with Crippen molar-refractivity contribution in [3.8, 4) is 0 Å². The number of aliphatic hydroxyl groups is 1. The van der Waals surface area contributed by atoms with Crippen molar-refractivity contribution >= 4 is 0 Å². The molecule has 0 aromatic rings. The van der Waals surface area contributed by atoms with E-state index in [0.29, 0.717) is 12.8 Å². The van der Waals surface area contributed by atoms with Crippen LogP contribution < -0.4 is 0 Å². The maximum Gasteiger partial charge on any atom is 0.118 e. The lowest BCUT2D eigenvalue weighted by Crippen LogP contribution is -2.33. The molecule has 0 aliphatic carbocycles. The van der Waals surface area contributed by atoms with Gasteiger partial charge in [-0.05, 0) is 58.9 Å². The molecule has 0 heterocycles. The Bertz CT molecular complexity index is 347. The van der Waals surface area contributed by atoms with E-state index in [4.69, 9.17) is 0 Å². The summed E-state index contributed by atoms with van der Waals surface area (Å²) >= 11 is 0. The molecule has 0 aromatic heterocycles. The smallest absolute Gasteiger partial charge is 0.118 e. The molecule has 0 saturated heterocycles. The third-order valence-electron chi connectivity index (χ3n) is 3.32. The first-order valence-electron chi connectivity index (χ1n) is 7.34. The first-order chi connectivity index (χ1) is 9.33. The molecule has 1 atom stereocenters. The maximum atomic E-state index is 12.9. The molecule has 0 fully saturated rings. The molecular weight excluding hydrogens is 253 g/mol. The highest BCUT2D eigenvalue weighted by Crippen LogP contribution is 2.26.